The highest BCUT2D eigenvalue weighted by molar-refractivity contribution is 14.0. The third kappa shape index (κ3) is 8.79. The number of likely N-dealkylation sites (N-methyl/N-ethyl adjacent to an activating group) is 1. The van der Waals surface area contributed by atoms with Gasteiger partial charge in [0.25, 0.3) is 0 Å². The SMILES string of the molecule is CCc1ccc(CN(C)C(=NC)NCCCCN2CCN(C)CC2)cc1.I. The third-order valence-electron chi connectivity index (χ3n) is 5.20. The van der Waals surface area contributed by atoms with E-state index in [4.69, 9.17) is 0 Å². The molecule has 0 radical (unpaired) electrons. The van der Waals surface area contributed by atoms with Crippen molar-refractivity contribution >= 4 is 29.9 Å². The summed E-state index contributed by atoms with van der Waals surface area (Å²) in [5, 5.41) is 3.51. The summed E-state index contributed by atoms with van der Waals surface area (Å²) in [5.74, 6) is 0.976. The summed E-state index contributed by atoms with van der Waals surface area (Å²) >= 11 is 0. The zero-order valence-corrected chi connectivity index (χ0v) is 19.9. The van der Waals surface area contributed by atoms with Crippen molar-refractivity contribution in [1.29, 1.82) is 0 Å². The smallest absolute Gasteiger partial charge is 0.193 e. The molecule has 1 heterocycles. The van der Waals surface area contributed by atoms with Gasteiger partial charge in [-0.1, -0.05) is 31.2 Å². The van der Waals surface area contributed by atoms with Crippen LogP contribution in [0.25, 0.3) is 0 Å². The molecule has 0 bridgehead atoms. The van der Waals surface area contributed by atoms with Crippen LogP contribution >= 0.6 is 24.0 Å². The molecule has 0 aromatic heterocycles. The van der Waals surface area contributed by atoms with Gasteiger partial charge in [0.2, 0.25) is 0 Å². The molecule has 1 saturated heterocycles. The van der Waals surface area contributed by atoms with Gasteiger partial charge >= 0.3 is 0 Å². The number of aliphatic imine (C=N–C) groups is 1. The number of nitrogens with zero attached hydrogens (tertiary/aromatic N) is 4. The number of rotatable bonds is 8. The van der Waals surface area contributed by atoms with Gasteiger partial charge in [0, 0.05) is 53.4 Å². The van der Waals surface area contributed by atoms with Crippen molar-refractivity contribution in [2.45, 2.75) is 32.7 Å². The van der Waals surface area contributed by atoms with Crippen molar-refractivity contribution in [3.63, 3.8) is 0 Å². The number of unbranched alkanes of at least 4 members (excludes halogenated alkanes) is 1. The largest absolute Gasteiger partial charge is 0.356 e. The Labute approximate surface area is 183 Å². The van der Waals surface area contributed by atoms with Crippen LogP contribution in [0.15, 0.2) is 29.3 Å². The van der Waals surface area contributed by atoms with Crippen molar-refractivity contribution in [3.05, 3.63) is 35.4 Å². The lowest BCUT2D eigenvalue weighted by atomic mass is 10.1. The fourth-order valence-corrected chi connectivity index (χ4v) is 3.35. The van der Waals surface area contributed by atoms with E-state index >= 15 is 0 Å². The Morgan fingerprint density at radius 3 is 2.30 bits per heavy atom. The summed E-state index contributed by atoms with van der Waals surface area (Å²) in [7, 11) is 6.18. The highest BCUT2D eigenvalue weighted by Gasteiger charge is 2.12. The molecule has 0 spiro atoms. The van der Waals surface area contributed by atoms with Gasteiger partial charge in [0.1, 0.15) is 0 Å². The molecule has 1 N–H and O–H groups in total. The Bertz CT molecular complexity index is 538. The van der Waals surface area contributed by atoms with E-state index in [2.05, 4.69) is 70.3 Å². The molecule has 5 nitrogen and oxygen atoms in total. The molecular weight excluding hydrogens is 449 g/mol. The first kappa shape index (κ1) is 24.2. The Hall–Kier alpha value is -0.860. The van der Waals surface area contributed by atoms with Crippen molar-refractivity contribution < 1.29 is 0 Å². The second kappa shape index (κ2) is 13.3. The molecule has 0 unspecified atom stereocenters. The number of benzene rings is 1. The molecule has 1 fully saturated rings. The van der Waals surface area contributed by atoms with Crippen LogP contribution in [0.2, 0.25) is 0 Å². The van der Waals surface area contributed by atoms with E-state index < -0.39 is 0 Å². The molecule has 1 aliphatic heterocycles. The minimum atomic E-state index is 0. The molecule has 0 amide bonds. The highest BCUT2D eigenvalue weighted by Crippen LogP contribution is 2.07. The molecular formula is C21H38IN5. The Morgan fingerprint density at radius 1 is 1.07 bits per heavy atom. The second-order valence-corrected chi connectivity index (χ2v) is 7.35. The summed E-state index contributed by atoms with van der Waals surface area (Å²) < 4.78 is 0. The Kier molecular flexibility index (Phi) is 11.9. The van der Waals surface area contributed by atoms with Gasteiger partial charge in [0.15, 0.2) is 5.96 Å². The van der Waals surface area contributed by atoms with Crippen molar-refractivity contribution in [3.8, 4) is 0 Å². The highest BCUT2D eigenvalue weighted by atomic mass is 127. The fraction of sp³-hybridized carbons (Fsp3) is 0.667. The normalized spacial score (nSPS) is 16.1. The number of hydrogen-bond donors (Lipinski definition) is 1. The van der Waals surface area contributed by atoms with Crippen LogP contribution in [0.1, 0.15) is 30.9 Å². The van der Waals surface area contributed by atoms with Crippen LogP contribution in [-0.2, 0) is 13.0 Å². The quantitative estimate of drug-likeness (QED) is 0.265. The summed E-state index contributed by atoms with van der Waals surface area (Å²) in [6.45, 7) is 10.1. The predicted molar refractivity (Wildman–Crippen MR) is 127 cm³/mol. The lowest BCUT2D eigenvalue weighted by molar-refractivity contribution is 0.152. The van der Waals surface area contributed by atoms with E-state index in [-0.39, 0.29) is 24.0 Å². The third-order valence-corrected chi connectivity index (χ3v) is 5.20. The number of aryl methyl sites for hydroxylation is 1. The van der Waals surface area contributed by atoms with E-state index in [0.717, 1.165) is 25.5 Å². The van der Waals surface area contributed by atoms with E-state index in [9.17, 15) is 0 Å². The Morgan fingerprint density at radius 2 is 1.70 bits per heavy atom. The van der Waals surface area contributed by atoms with Gasteiger partial charge in [-0.3, -0.25) is 4.99 Å². The first-order valence-electron chi connectivity index (χ1n) is 10.0. The molecule has 0 saturated carbocycles. The average Bonchev–Trinajstić information content (AvgIpc) is 2.66. The van der Waals surface area contributed by atoms with Gasteiger partial charge in [0.05, 0.1) is 0 Å². The van der Waals surface area contributed by atoms with Crippen LogP contribution in [0.3, 0.4) is 0 Å². The van der Waals surface area contributed by atoms with Crippen LogP contribution in [0.5, 0.6) is 0 Å². The fourth-order valence-electron chi connectivity index (χ4n) is 3.35. The maximum absolute atomic E-state index is 4.43. The van der Waals surface area contributed by atoms with E-state index in [0.29, 0.717) is 0 Å². The average molecular weight is 487 g/mol. The maximum Gasteiger partial charge on any atom is 0.193 e. The molecule has 154 valence electrons. The first-order chi connectivity index (χ1) is 12.6. The molecule has 27 heavy (non-hydrogen) atoms. The lowest BCUT2D eigenvalue weighted by Crippen LogP contribution is -2.44. The summed E-state index contributed by atoms with van der Waals surface area (Å²) in [4.78, 5) is 11.6. The van der Waals surface area contributed by atoms with Gasteiger partial charge in [-0.25, -0.2) is 0 Å². The van der Waals surface area contributed by atoms with Crippen LogP contribution in [0, 0.1) is 0 Å². The van der Waals surface area contributed by atoms with E-state index in [1.165, 1.54) is 56.7 Å². The lowest BCUT2D eigenvalue weighted by Gasteiger charge is -2.32. The number of piperazine rings is 1. The van der Waals surface area contributed by atoms with Crippen LogP contribution in [0.4, 0.5) is 0 Å². The number of hydrogen-bond acceptors (Lipinski definition) is 3. The van der Waals surface area contributed by atoms with Gasteiger partial charge in [-0.2, -0.15) is 0 Å². The van der Waals surface area contributed by atoms with Gasteiger partial charge in [-0.15, -0.1) is 24.0 Å². The number of nitrogens with one attached hydrogen (secondary N) is 1. The van der Waals surface area contributed by atoms with Crippen molar-refractivity contribution in [2.24, 2.45) is 4.99 Å². The molecule has 0 aliphatic carbocycles. The number of halogens is 1. The van der Waals surface area contributed by atoms with E-state index in [1.807, 2.05) is 7.05 Å². The summed E-state index contributed by atoms with van der Waals surface area (Å²) in [6.07, 6.45) is 3.52. The summed E-state index contributed by atoms with van der Waals surface area (Å²) in [6, 6.07) is 8.88. The summed E-state index contributed by atoms with van der Waals surface area (Å²) in [5.41, 5.74) is 2.71. The van der Waals surface area contributed by atoms with Crippen LogP contribution < -0.4 is 5.32 Å². The zero-order chi connectivity index (χ0) is 18.8. The zero-order valence-electron chi connectivity index (χ0n) is 17.6. The van der Waals surface area contributed by atoms with Crippen molar-refractivity contribution in [2.75, 3.05) is 60.4 Å². The van der Waals surface area contributed by atoms with Gasteiger partial charge < -0.3 is 20.0 Å². The predicted octanol–water partition coefficient (Wildman–Crippen LogP) is 2.90. The monoisotopic (exact) mass is 487 g/mol. The topological polar surface area (TPSA) is 34.1 Å². The molecule has 1 aromatic carbocycles. The van der Waals surface area contributed by atoms with E-state index in [1.54, 1.807) is 0 Å². The molecule has 6 heteroatoms. The first-order valence-corrected chi connectivity index (χ1v) is 10.0. The Balaban J connectivity index is 0.00000364. The van der Waals surface area contributed by atoms with Gasteiger partial charge in [-0.05, 0) is 44.0 Å². The minimum absolute atomic E-state index is 0. The molecule has 0 atom stereocenters. The second-order valence-electron chi connectivity index (χ2n) is 7.35. The van der Waals surface area contributed by atoms with Crippen molar-refractivity contribution in [1.82, 2.24) is 20.0 Å². The molecule has 1 aliphatic rings. The number of guanidine groups is 1. The maximum atomic E-state index is 4.43. The molecule has 2 rings (SSSR count). The standard InChI is InChI=1S/C21H37N5.HI/c1-5-19-8-10-20(11-9-19)18-25(4)21(22-2)23-12-6-7-13-26-16-14-24(3)15-17-26;/h8-11H,5-7,12-18H2,1-4H3,(H,22,23);1H. The van der Waals surface area contributed by atoms with Crippen LogP contribution in [-0.4, -0.2) is 81.1 Å². The molecule has 1 aromatic rings. The minimum Gasteiger partial charge on any atom is -0.356 e.